The molecule has 0 saturated heterocycles. The molecule has 0 unspecified atom stereocenters. The molecule has 0 aliphatic carbocycles. The Labute approximate surface area is 177 Å². The first kappa shape index (κ1) is 20.7. The molecule has 3 N–H and O–H groups in total. The van der Waals surface area contributed by atoms with Crippen LogP contribution in [0.15, 0.2) is 52.1 Å². The third-order valence-electron chi connectivity index (χ3n) is 4.64. The van der Waals surface area contributed by atoms with E-state index in [1.165, 1.54) is 7.11 Å². The first-order valence-electron chi connectivity index (χ1n) is 8.91. The van der Waals surface area contributed by atoms with Crippen LogP contribution in [0.5, 0.6) is 11.5 Å². The van der Waals surface area contributed by atoms with E-state index < -0.39 is 6.04 Å². The van der Waals surface area contributed by atoms with Gasteiger partial charge in [0.2, 0.25) is 0 Å². The lowest BCUT2D eigenvalue weighted by Crippen LogP contribution is -2.46. The minimum absolute atomic E-state index is 0.314. The van der Waals surface area contributed by atoms with Crippen molar-refractivity contribution in [1.82, 2.24) is 10.6 Å². The van der Waals surface area contributed by atoms with E-state index in [1.807, 2.05) is 31.2 Å². The number of hydrogen-bond donors (Lipinski definition) is 3. The van der Waals surface area contributed by atoms with Gasteiger partial charge in [0, 0.05) is 15.9 Å². The number of methoxy groups -OCH3 is 2. The molecule has 2 aromatic carbocycles. The standard InChI is InChI=1S/C21H22BrN3O4/c1-11-5-7-13(8-6-11)24-20(26)18-12(2)23-21(27)25-19(18)14-9-16(28-3)17(29-4)10-15(14)22/h5-10,19H,1-4H3,(H,24,26)(H2,23,25,27)/t19-/m1/s1. The average molecular weight is 460 g/mol. The summed E-state index contributed by atoms with van der Waals surface area (Å²) < 4.78 is 11.4. The second-order valence-corrected chi connectivity index (χ2v) is 7.47. The molecule has 1 aliphatic heterocycles. The molecule has 29 heavy (non-hydrogen) atoms. The molecule has 8 heteroatoms. The van der Waals surface area contributed by atoms with E-state index in [2.05, 4.69) is 31.9 Å². The lowest BCUT2D eigenvalue weighted by Gasteiger charge is -2.29. The highest BCUT2D eigenvalue weighted by Crippen LogP contribution is 2.39. The minimum Gasteiger partial charge on any atom is -0.493 e. The van der Waals surface area contributed by atoms with Crippen LogP contribution in [-0.2, 0) is 4.79 Å². The highest BCUT2D eigenvalue weighted by atomic mass is 79.9. The van der Waals surface area contributed by atoms with Gasteiger partial charge in [-0.05, 0) is 43.7 Å². The van der Waals surface area contributed by atoms with Crippen molar-refractivity contribution in [1.29, 1.82) is 0 Å². The van der Waals surface area contributed by atoms with Crippen LogP contribution < -0.4 is 25.4 Å². The molecule has 0 saturated carbocycles. The van der Waals surface area contributed by atoms with E-state index >= 15 is 0 Å². The summed E-state index contributed by atoms with van der Waals surface area (Å²) in [5.41, 5.74) is 3.31. The van der Waals surface area contributed by atoms with Gasteiger partial charge >= 0.3 is 6.03 Å². The summed E-state index contributed by atoms with van der Waals surface area (Å²) in [4.78, 5) is 25.3. The molecule has 0 aromatic heterocycles. The van der Waals surface area contributed by atoms with E-state index in [0.29, 0.717) is 38.5 Å². The summed E-state index contributed by atoms with van der Waals surface area (Å²) in [6, 6.07) is 9.92. The zero-order valence-electron chi connectivity index (χ0n) is 16.6. The number of rotatable bonds is 5. The van der Waals surface area contributed by atoms with Crippen LogP contribution in [0.3, 0.4) is 0 Å². The Bertz CT molecular complexity index is 986. The van der Waals surface area contributed by atoms with Gasteiger partial charge in [0.05, 0.1) is 25.8 Å². The number of anilines is 1. The number of carbonyl (C=O) groups is 2. The van der Waals surface area contributed by atoms with Crippen LogP contribution in [0.1, 0.15) is 24.1 Å². The van der Waals surface area contributed by atoms with Crippen molar-refractivity contribution in [3.8, 4) is 11.5 Å². The third-order valence-corrected chi connectivity index (χ3v) is 5.32. The van der Waals surface area contributed by atoms with Gasteiger partial charge in [0.1, 0.15) is 0 Å². The maximum atomic E-state index is 13.1. The predicted molar refractivity (Wildman–Crippen MR) is 114 cm³/mol. The molecule has 152 valence electrons. The summed E-state index contributed by atoms with van der Waals surface area (Å²) >= 11 is 3.52. The highest BCUT2D eigenvalue weighted by Gasteiger charge is 2.33. The first-order chi connectivity index (χ1) is 13.8. The van der Waals surface area contributed by atoms with Crippen molar-refractivity contribution in [2.45, 2.75) is 19.9 Å². The van der Waals surface area contributed by atoms with Gasteiger partial charge in [-0.25, -0.2) is 4.79 Å². The molecule has 0 radical (unpaired) electrons. The molecular formula is C21H22BrN3O4. The van der Waals surface area contributed by atoms with Gasteiger partial charge in [0.15, 0.2) is 11.5 Å². The van der Waals surface area contributed by atoms with Gasteiger partial charge in [-0.15, -0.1) is 0 Å². The van der Waals surface area contributed by atoms with Gasteiger partial charge < -0.3 is 25.4 Å². The number of hydrogen-bond acceptors (Lipinski definition) is 4. The summed E-state index contributed by atoms with van der Waals surface area (Å²) in [7, 11) is 3.07. The minimum atomic E-state index is -0.677. The summed E-state index contributed by atoms with van der Waals surface area (Å²) in [6.45, 7) is 3.67. The molecular weight excluding hydrogens is 438 g/mol. The SMILES string of the molecule is COc1cc(Br)c([C@H]2NC(=O)NC(C)=C2C(=O)Nc2ccc(C)cc2)cc1OC. The molecule has 2 aromatic rings. The number of carbonyl (C=O) groups excluding carboxylic acids is 2. The number of halogens is 1. The maximum Gasteiger partial charge on any atom is 0.319 e. The second kappa shape index (κ2) is 8.57. The largest absolute Gasteiger partial charge is 0.493 e. The molecule has 3 rings (SSSR count). The molecule has 0 spiro atoms. The first-order valence-corrected chi connectivity index (χ1v) is 9.71. The zero-order valence-corrected chi connectivity index (χ0v) is 18.1. The van der Waals surface area contributed by atoms with E-state index in [1.54, 1.807) is 26.2 Å². The average Bonchev–Trinajstić information content (AvgIpc) is 2.68. The number of aryl methyl sites for hydroxylation is 1. The van der Waals surface area contributed by atoms with Crippen molar-refractivity contribution < 1.29 is 19.1 Å². The normalized spacial score (nSPS) is 16.0. The van der Waals surface area contributed by atoms with Crippen LogP contribution in [0.2, 0.25) is 0 Å². The van der Waals surface area contributed by atoms with Gasteiger partial charge in [-0.3, -0.25) is 4.79 Å². The smallest absolute Gasteiger partial charge is 0.319 e. The quantitative estimate of drug-likeness (QED) is 0.629. The number of amides is 3. The lowest BCUT2D eigenvalue weighted by molar-refractivity contribution is -0.113. The molecule has 1 heterocycles. The molecule has 3 amide bonds. The van der Waals surface area contributed by atoms with Crippen LogP contribution >= 0.6 is 15.9 Å². The third kappa shape index (κ3) is 4.37. The van der Waals surface area contributed by atoms with Crippen LogP contribution in [0, 0.1) is 6.92 Å². The Morgan fingerprint density at radius 2 is 1.69 bits per heavy atom. The van der Waals surface area contributed by atoms with Crippen LogP contribution in [0.25, 0.3) is 0 Å². The lowest BCUT2D eigenvalue weighted by atomic mass is 9.94. The number of urea groups is 1. The van der Waals surface area contributed by atoms with E-state index in [0.717, 1.165) is 5.56 Å². The van der Waals surface area contributed by atoms with Crippen LogP contribution in [0.4, 0.5) is 10.5 Å². The fourth-order valence-corrected chi connectivity index (χ4v) is 3.71. The summed E-state index contributed by atoms with van der Waals surface area (Å²) in [5.74, 6) is 0.717. The van der Waals surface area contributed by atoms with Crippen molar-refractivity contribution in [3.63, 3.8) is 0 Å². The Kier molecular flexibility index (Phi) is 6.12. The number of ether oxygens (including phenoxy) is 2. The predicted octanol–water partition coefficient (Wildman–Crippen LogP) is 4.04. The van der Waals surface area contributed by atoms with Gasteiger partial charge in [0.25, 0.3) is 5.91 Å². The number of nitrogens with one attached hydrogen (secondary N) is 3. The Hall–Kier alpha value is -3.00. The summed E-state index contributed by atoms with van der Waals surface area (Å²) in [5, 5.41) is 8.39. The van der Waals surface area contributed by atoms with Crippen molar-refractivity contribution >= 4 is 33.6 Å². The summed E-state index contributed by atoms with van der Waals surface area (Å²) in [6.07, 6.45) is 0. The zero-order chi connectivity index (χ0) is 21.1. The molecule has 0 fully saturated rings. The van der Waals surface area contributed by atoms with E-state index in [9.17, 15) is 9.59 Å². The molecule has 1 aliphatic rings. The van der Waals surface area contributed by atoms with Crippen molar-refractivity contribution in [2.24, 2.45) is 0 Å². The Morgan fingerprint density at radius 1 is 1.07 bits per heavy atom. The Morgan fingerprint density at radius 3 is 2.31 bits per heavy atom. The number of allylic oxidation sites excluding steroid dienone is 1. The van der Waals surface area contributed by atoms with Crippen LogP contribution in [-0.4, -0.2) is 26.2 Å². The topological polar surface area (TPSA) is 88.7 Å². The van der Waals surface area contributed by atoms with Crippen molar-refractivity contribution in [3.05, 3.63) is 63.3 Å². The van der Waals surface area contributed by atoms with Gasteiger partial charge in [-0.2, -0.15) is 0 Å². The number of benzene rings is 2. The van der Waals surface area contributed by atoms with Crippen molar-refractivity contribution in [2.75, 3.05) is 19.5 Å². The monoisotopic (exact) mass is 459 g/mol. The fraction of sp³-hybridized carbons (Fsp3) is 0.238. The fourth-order valence-electron chi connectivity index (χ4n) is 3.15. The maximum absolute atomic E-state index is 13.1. The molecule has 0 bridgehead atoms. The van der Waals surface area contributed by atoms with Gasteiger partial charge in [-0.1, -0.05) is 33.6 Å². The molecule has 7 nitrogen and oxygen atoms in total. The van der Waals surface area contributed by atoms with E-state index in [-0.39, 0.29) is 11.9 Å². The van der Waals surface area contributed by atoms with E-state index in [4.69, 9.17) is 9.47 Å². The second-order valence-electron chi connectivity index (χ2n) is 6.62. The molecule has 1 atom stereocenters. The highest BCUT2D eigenvalue weighted by molar-refractivity contribution is 9.10. The Balaban J connectivity index is 2.02.